The van der Waals surface area contributed by atoms with Crippen LogP contribution >= 0.6 is 0 Å². The van der Waals surface area contributed by atoms with Crippen LogP contribution in [-0.2, 0) is 11.2 Å². The summed E-state index contributed by atoms with van der Waals surface area (Å²) in [6.07, 6.45) is 0.191. The van der Waals surface area contributed by atoms with Gasteiger partial charge in [0.05, 0.1) is 19.0 Å². The lowest BCUT2D eigenvalue weighted by molar-refractivity contribution is -0.117. The van der Waals surface area contributed by atoms with Gasteiger partial charge in [-0.15, -0.1) is 0 Å². The SMILES string of the molecule is COc1cc(C)nc2c(CC(N)=O)cccc12. The first-order chi connectivity index (χ1) is 8.11. The molecule has 1 aromatic carbocycles. The summed E-state index contributed by atoms with van der Waals surface area (Å²) in [6.45, 7) is 1.89. The van der Waals surface area contributed by atoms with Gasteiger partial charge in [-0.2, -0.15) is 0 Å². The van der Waals surface area contributed by atoms with Crippen LogP contribution in [0.2, 0.25) is 0 Å². The fraction of sp³-hybridized carbons (Fsp3) is 0.231. The van der Waals surface area contributed by atoms with Gasteiger partial charge in [0, 0.05) is 17.1 Å². The molecule has 0 aliphatic heterocycles. The van der Waals surface area contributed by atoms with Gasteiger partial charge in [0.15, 0.2) is 0 Å². The van der Waals surface area contributed by atoms with Crippen molar-refractivity contribution in [3.05, 3.63) is 35.5 Å². The molecular formula is C13H14N2O2. The standard InChI is InChI=1S/C13H14N2O2/c1-8-6-11(17-2)10-5-3-4-9(7-12(14)16)13(10)15-8/h3-6H,7H2,1-2H3,(H2,14,16). The fourth-order valence-electron chi connectivity index (χ4n) is 1.90. The normalized spacial score (nSPS) is 10.5. The molecule has 0 radical (unpaired) electrons. The lowest BCUT2D eigenvalue weighted by Crippen LogP contribution is -2.14. The van der Waals surface area contributed by atoms with Crippen LogP contribution < -0.4 is 10.5 Å². The van der Waals surface area contributed by atoms with Gasteiger partial charge in [-0.1, -0.05) is 12.1 Å². The molecule has 2 aromatic rings. The zero-order valence-corrected chi connectivity index (χ0v) is 9.86. The second-order valence-electron chi connectivity index (χ2n) is 3.92. The van der Waals surface area contributed by atoms with Crippen LogP contribution in [0.1, 0.15) is 11.3 Å². The Labute approximate surface area is 99.4 Å². The van der Waals surface area contributed by atoms with E-state index in [2.05, 4.69) is 4.98 Å². The van der Waals surface area contributed by atoms with Gasteiger partial charge in [0.1, 0.15) is 5.75 Å². The van der Waals surface area contributed by atoms with E-state index in [-0.39, 0.29) is 12.3 Å². The Morgan fingerprint density at radius 1 is 1.47 bits per heavy atom. The maximum atomic E-state index is 11.0. The molecule has 0 unspecified atom stereocenters. The van der Waals surface area contributed by atoms with Crippen molar-refractivity contribution in [3.63, 3.8) is 0 Å². The van der Waals surface area contributed by atoms with Crippen molar-refractivity contribution in [2.24, 2.45) is 5.73 Å². The van der Waals surface area contributed by atoms with E-state index in [1.807, 2.05) is 31.2 Å². The zero-order valence-electron chi connectivity index (χ0n) is 9.86. The van der Waals surface area contributed by atoms with Crippen molar-refractivity contribution in [3.8, 4) is 5.75 Å². The highest BCUT2D eigenvalue weighted by molar-refractivity contribution is 5.91. The Kier molecular flexibility index (Phi) is 2.95. The van der Waals surface area contributed by atoms with Crippen LogP contribution in [0.15, 0.2) is 24.3 Å². The van der Waals surface area contributed by atoms with Gasteiger partial charge in [0.2, 0.25) is 5.91 Å². The molecule has 2 rings (SSSR count). The highest BCUT2D eigenvalue weighted by Gasteiger charge is 2.09. The number of methoxy groups -OCH3 is 1. The zero-order chi connectivity index (χ0) is 12.4. The van der Waals surface area contributed by atoms with E-state index < -0.39 is 0 Å². The Bertz CT molecular complexity index is 579. The third-order valence-corrected chi connectivity index (χ3v) is 2.60. The molecule has 0 fully saturated rings. The first-order valence-corrected chi connectivity index (χ1v) is 5.33. The second-order valence-corrected chi connectivity index (χ2v) is 3.92. The molecule has 2 N–H and O–H groups in total. The number of nitrogens with zero attached hydrogens (tertiary/aromatic N) is 1. The summed E-state index contributed by atoms with van der Waals surface area (Å²) in [7, 11) is 1.62. The summed E-state index contributed by atoms with van der Waals surface area (Å²) in [4.78, 5) is 15.5. The number of rotatable bonds is 3. The number of aromatic nitrogens is 1. The molecule has 0 aliphatic rings. The van der Waals surface area contributed by atoms with Gasteiger partial charge in [-0.05, 0) is 18.6 Å². The third-order valence-electron chi connectivity index (χ3n) is 2.60. The van der Waals surface area contributed by atoms with Crippen LogP contribution in [-0.4, -0.2) is 18.0 Å². The quantitative estimate of drug-likeness (QED) is 0.870. The topological polar surface area (TPSA) is 65.2 Å². The van der Waals surface area contributed by atoms with Crippen LogP contribution in [0, 0.1) is 6.92 Å². The lowest BCUT2D eigenvalue weighted by atomic mass is 10.1. The molecule has 1 aromatic heterocycles. The molecule has 0 bridgehead atoms. The Morgan fingerprint density at radius 2 is 2.24 bits per heavy atom. The lowest BCUT2D eigenvalue weighted by Gasteiger charge is -2.09. The number of carbonyl (C=O) groups excluding carboxylic acids is 1. The van der Waals surface area contributed by atoms with Crippen LogP contribution in [0.25, 0.3) is 10.9 Å². The first-order valence-electron chi connectivity index (χ1n) is 5.33. The van der Waals surface area contributed by atoms with E-state index in [9.17, 15) is 4.79 Å². The molecule has 1 amide bonds. The number of aryl methyl sites for hydroxylation is 1. The Morgan fingerprint density at radius 3 is 2.88 bits per heavy atom. The fourth-order valence-corrected chi connectivity index (χ4v) is 1.90. The van der Waals surface area contributed by atoms with Gasteiger partial charge < -0.3 is 10.5 Å². The average molecular weight is 230 g/mol. The summed E-state index contributed by atoms with van der Waals surface area (Å²) < 4.78 is 5.31. The summed E-state index contributed by atoms with van der Waals surface area (Å²) >= 11 is 0. The Balaban J connectivity index is 2.70. The van der Waals surface area contributed by atoms with Crippen LogP contribution in [0.5, 0.6) is 5.75 Å². The van der Waals surface area contributed by atoms with E-state index in [0.29, 0.717) is 0 Å². The molecular weight excluding hydrogens is 216 g/mol. The minimum Gasteiger partial charge on any atom is -0.496 e. The smallest absolute Gasteiger partial charge is 0.221 e. The highest BCUT2D eigenvalue weighted by atomic mass is 16.5. The van der Waals surface area contributed by atoms with Crippen molar-refractivity contribution in [1.82, 2.24) is 4.98 Å². The van der Waals surface area contributed by atoms with Crippen LogP contribution in [0.3, 0.4) is 0 Å². The van der Waals surface area contributed by atoms with E-state index in [1.165, 1.54) is 0 Å². The van der Waals surface area contributed by atoms with Gasteiger partial charge in [-0.25, -0.2) is 0 Å². The monoisotopic (exact) mass is 230 g/mol. The molecule has 88 valence electrons. The number of benzene rings is 1. The van der Waals surface area contributed by atoms with Crippen molar-refractivity contribution in [2.45, 2.75) is 13.3 Å². The van der Waals surface area contributed by atoms with Crippen molar-refractivity contribution >= 4 is 16.8 Å². The van der Waals surface area contributed by atoms with Crippen molar-refractivity contribution < 1.29 is 9.53 Å². The number of nitrogens with two attached hydrogens (primary N) is 1. The predicted molar refractivity (Wildman–Crippen MR) is 65.9 cm³/mol. The molecule has 17 heavy (non-hydrogen) atoms. The highest BCUT2D eigenvalue weighted by Crippen LogP contribution is 2.27. The number of hydrogen-bond acceptors (Lipinski definition) is 3. The number of ether oxygens (including phenoxy) is 1. The molecule has 0 aliphatic carbocycles. The predicted octanol–water partition coefficient (Wildman–Crippen LogP) is 1.58. The van der Waals surface area contributed by atoms with E-state index in [4.69, 9.17) is 10.5 Å². The number of primary amides is 1. The van der Waals surface area contributed by atoms with Crippen LogP contribution in [0.4, 0.5) is 0 Å². The summed E-state index contributed by atoms with van der Waals surface area (Å²) in [5.41, 5.74) is 7.69. The van der Waals surface area contributed by atoms with Gasteiger partial charge in [0.25, 0.3) is 0 Å². The minimum atomic E-state index is -0.361. The van der Waals surface area contributed by atoms with Gasteiger partial charge in [-0.3, -0.25) is 9.78 Å². The maximum absolute atomic E-state index is 11.0. The number of hydrogen-bond donors (Lipinski definition) is 1. The maximum Gasteiger partial charge on any atom is 0.221 e. The Hall–Kier alpha value is -2.10. The number of pyridine rings is 1. The van der Waals surface area contributed by atoms with Crippen molar-refractivity contribution in [2.75, 3.05) is 7.11 Å². The molecule has 1 heterocycles. The molecule has 0 saturated carbocycles. The number of carbonyl (C=O) groups is 1. The van der Waals surface area contributed by atoms with E-state index >= 15 is 0 Å². The summed E-state index contributed by atoms with van der Waals surface area (Å²) in [6, 6.07) is 7.53. The third kappa shape index (κ3) is 2.20. The largest absolute Gasteiger partial charge is 0.496 e. The second kappa shape index (κ2) is 4.41. The molecule has 0 saturated heterocycles. The van der Waals surface area contributed by atoms with Crippen molar-refractivity contribution in [1.29, 1.82) is 0 Å². The molecule has 4 nitrogen and oxygen atoms in total. The van der Waals surface area contributed by atoms with E-state index in [0.717, 1.165) is 27.9 Å². The number of fused-ring (bicyclic) bond motifs is 1. The summed E-state index contributed by atoms with van der Waals surface area (Å²) in [5.74, 6) is 0.401. The number of amides is 1. The minimum absolute atomic E-state index is 0.191. The van der Waals surface area contributed by atoms with Gasteiger partial charge >= 0.3 is 0 Å². The molecule has 0 atom stereocenters. The first kappa shape index (κ1) is 11.4. The van der Waals surface area contributed by atoms with E-state index in [1.54, 1.807) is 7.11 Å². The molecule has 0 spiro atoms. The number of para-hydroxylation sites is 1. The summed E-state index contributed by atoms with van der Waals surface area (Å²) in [5, 5.41) is 0.900. The average Bonchev–Trinajstić information content (AvgIpc) is 2.28. The molecule has 4 heteroatoms.